The van der Waals surface area contributed by atoms with E-state index in [9.17, 15) is 9.59 Å². The van der Waals surface area contributed by atoms with Crippen molar-refractivity contribution in [3.8, 4) is 5.88 Å². The number of ketones is 1. The summed E-state index contributed by atoms with van der Waals surface area (Å²) in [6, 6.07) is 1.39. The summed E-state index contributed by atoms with van der Waals surface area (Å²) < 4.78 is 10.1. The van der Waals surface area contributed by atoms with Crippen molar-refractivity contribution in [3.63, 3.8) is 0 Å². The fourth-order valence-electron chi connectivity index (χ4n) is 1.30. The molecule has 1 heterocycles. The van der Waals surface area contributed by atoms with Crippen LogP contribution < -0.4 is 4.74 Å². The molecule has 1 aromatic rings. The second-order valence-electron chi connectivity index (χ2n) is 5.07. The van der Waals surface area contributed by atoms with Gasteiger partial charge in [-0.3, -0.25) is 9.59 Å². The fraction of sp³-hybridized carbons (Fsp3) is 0.538. The summed E-state index contributed by atoms with van der Waals surface area (Å²) in [6.07, 6.45) is 1.22. The second kappa shape index (κ2) is 5.77. The van der Waals surface area contributed by atoms with Gasteiger partial charge in [-0.05, 0) is 27.7 Å². The Morgan fingerprint density at radius 2 is 1.89 bits per heavy atom. The first-order valence-electron chi connectivity index (χ1n) is 5.87. The normalized spacial score (nSPS) is 12.7. The maximum absolute atomic E-state index is 12.1. The zero-order valence-electron chi connectivity index (χ0n) is 11.8. The molecule has 0 aliphatic carbocycles. The molecule has 1 atom stereocenters. The minimum absolute atomic E-state index is 0.130. The molecule has 1 unspecified atom stereocenters. The van der Waals surface area contributed by atoms with Gasteiger partial charge >= 0.3 is 5.97 Å². The number of carbonyl (C=O) groups is 2. The number of aromatic nitrogens is 2. The van der Waals surface area contributed by atoms with Crippen molar-refractivity contribution in [3.05, 3.63) is 18.1 Å². The first-order valence-corrected chi connectivity index (χ1v) is 5.87. The Morgan fingerprint density at radius 1 is 1.26 bits per heavy atom. The number of hydrogen-bond acceptors (Lipinski definition) is 6. The molecule has 0 N–H and O–H groups in total. The zero-order valence-corrected chi connectivity index (χ0v) is 11.8. The van der Waals surface area contributed by atoms with Crippen molar-refractivity contribution in [2.45, 2.75) is 33.3 Å². The van der Waals surface area contributed by atoms with Gasteiger partial charge in [0.25, 0.3) is 0 Å². The van der Waals surface area contributed by atoms with Gasteiger partial charge in [-0.1, -0.05) is 0 Å². The number of rotatable bonds is 4. The van der Waals surface area contributed by atoms with E-state index in [1.54, 1.807) is 20.8 Å². The van der Waals surface area contributed by atoms with E-state index in [1.165, 1.54) is 26.4 Å². The predicted molar refractivity (Wildman–Crippen MR) is 67.9 cm³/mol. The summed E-state index contributed by atoms with van der Waals surface area (Å²) in [7, 11) is 1.44. The number of esters is 1. The highest BCUT2D eigenvalue weighted by Gasteiger charge is 2.28. The Hall–Kier alpha value is -1.98. The average molecular weight is 266 g/mol. The molecule has 0 fully saturated rings. The number of nitrogens with zero attached hydrogens (tertiary/aromatic N) is 2. The lowest BCUT2D eigenvalue weighted by Crippen LogP contribution is -2.31. The molecule has 0 aliphatic rings. The Morgan fingerprint density at radius 3 is 2.42 bits per heavy atom. The van der Waals surface area contributed by atoms with Crippen LogP contribution in [0.5, 0.6) is 5.88 Å². The van der Waals surface area contributed by atoms with Gasteiger partial charge in [0.2, 0.25) is 5.88 Å². The van der Waals surface area contributed by atoms with Crippen LogP contribution in [0.3, 0.4) is 0 Å². The van der Waals surface area contributed by atoms with Gasteiger partial charge in [-0.25, -0.2) is 9.97 Å². The van der Waals surface area contributed by atoms with Crippen LogP contribution in [-0.4, -0.2) is 34.4 Å². The smallest absolute Gasteiger partial charge is 0.317 e. The quantitative estimate of drug-likeness (QED) is 0.468. The fourth-order valence-corrected chi connectivity index (χ4v) is 1.30. The summed E-state index contributed by atoms with van der Waals surface area (Å²) in [6.45, 7) is 6.73. The largest absolute Gasteiger partial charge is 0.481 e. The van der Waals surface area contributed by atoms with Crippen molar-refractivity contribution in [1.29, 1.82) is 0 Å². The maximum Gasteiger partial charge on any atom is 0.317 e. The maximum atomic E-state index is 12.1. The topological polar surface area (TPSA) is 78.4 Å². The monoisotopic (exact) mass is 266 g/mol. The lowest BCUT2D eigenvalue weighted by molar-refractivity contribution is -0.157. The molecule has 0 saturated carbocycles. The summed E-state index contributed by atoms with van der Waals surface area (Å²) in [5.74, 6) is -1.64. The zero-order chi connectivity index (χ0) is 14.6. The van der Waals surface area contributed by atoms with Crippen LogP contribution in [0.1, 0.15) is 38.2 Å². The van der Waals surface area contributed by atoms with Crippen LogP contribution in [0.2, 0.25) is 0 Å². The van der Waals surface area contributed by atoms with Crippen LogP contribution in [0.25, 0.3) is 0 Å². The molecular weight excluding hydrogens is 248 g/mol. The average Bonchev–Trinajstić information content (AvgIpc) is 2.35. The van der Waals surface area contributed by atoms with Gasteiger partial charge in [0.1, 0.15) is 23.5 Å². The van der Waals surface area contributed by atoms with Crippen molar-refractivity contribution in [2.75, 3.05) is 7.11 Å². The molecule has 0 saturated heterocycles. The summed E-state index contributed by atoms with van der Waals surface area (Å²) in [5, 5.41) is 0. The minimum Gasteiger partial charge on any atom is -0.481 e. The van der Waals surface area contributed by atoms with Gasteiger partial charge < -0.3 is 9.47 Å². The molecule has 0 spiro atoms. The molecule has 1 rings (SSSR count). The molecule has 0 aromatic carbocycles. The summed E-state index contributed by atoms with van der Waals surface area (Å²) >= 11 is 0. The predicted octanol–water partition coefficient (Wildman–Crippen LogP) is 1.65. The van der Waals surface area contributed by atoms with E-state index >= 15 is 0 Å². The molecule has 0 bridgehead atoms. The van der Waals surface area contributed by atoms with Gasteiger partial charge in [-0.15, -0.1) is 0 Å². The van der Waals surface area contributed by atoms with Crippen LogP contribution in [0, 0.1) is 5.92 Å². The summed E-state index contributed by atoms with van der Waals surface area (Å²) in [4.78, 5) is 31.5. The molecule has 1 aromatic heterocycles. The SMILES string of the molecule is COc1cc(C(=O)C(C)C(=O)OC(C)(C)C)ncn1. The Kier molecular flexibility index (Phi) is 4.58. The van der Waals surface area contributed by atoms with Crippen molar-refractivity contribution in [1.82, 2.24) is 9.97 Å². The van der Waals surface area contributed by atoms with E-state index in [2.05, 4.69) is 9.97 Å². The van der Waals surface area contributed by atoms with Gasteiger partial charge in [0, 0.05) is 6.07 Å². The molecule has 6 nitrogen and oxygen atoms in total. The van der Waals surface area contributed by atoms with E-state index in [1.807, 2.05) is 0 Å². The Bertz CT molecular complexity index is 480. The van der Waals surface area contributed by atoms with E-state index in [0.717, 1.165) is 0 Å². The van der Waals surface area contributed by atoms with Crippen LogP contribution in [-0.2, 0) is 9.53 Å². The number of Topliss-reactive ketones (excluding diaryl/α,β-unsaturated/α-hetero) is 1. The standard InChI is InChI=1S/C13H18N2O4/c1-8(12(17)19-13(2,3)4)11(16)9-6-10(18-5)15-7-14-9/h6-8H,1-5H3. The number of carbonyl (C=O) groups excluding carboxylic acids is 2. The summed E-state index contributed by atoms with van der Waals surface area (Å²) in [5.41, 5.74) is -0.500. The molecule has 0 aliphatic heterocycles. The van der Waals surface area contributed by atoms with Gasteiger partial charge in [-0.2, -0.15) is 0 Å². The highest BCUT2D eigenvalue weighted by Crippen LogP contribution is 2.15. The third-order valence-electron chi connectivity index (χ3n) is 2.26. The van der Waals surface area contributed by atoms with Gasteiger partial charge in [0.05, 0.1) is 7.11 Å². The highest BCUT2D eigenvalue weighted by atomic mass is 16.6. The lowest BCUT2D eigenvalue weighted by atomic mass is 10.0. The molecule has 0 amide bonds. The third kappa shape index (κ3) is 4.31. The van der Waals surface area contributed by atoms with E-state index in [0.29, 0.717) is 0 Å². The Labute approximate surface area is 112 Å². The first kappa shape index (κ1) is 15.1. The van der Waals surface area contributed by atoms with Crippen LogP contribution in [0.15, 0.2) is 12.4 Å². The first-order chi connectivity index (χ1) is 8.74. The number of hydrogen-bond donors (Lipinski definition) is 0. The van der Waals surface area contributed by atoms with Crippen LogP contribution >= 0.6 is 0 Å². The highest BCUT2D eigenvalue weighted by molar-refractivity contribution is 6.07. The molecule has 19 heavy (non-hydrogen) atoms. The molecule has 104 valence electrons. The second-order valence-corrected chi connectivity index (χ2v) is 5.07. The van der Waals surface area contributed by atoms with Crippen LogP contribution in [0.4, 0.5) is 0 Å². The molecule has 0 radical (unpaired) electrons. The van der Waals surface area contributed by atoms with E-state index in [4.69, 9.17) is 9.47 Å². The minimum atomic E-state index is -0.918. The molecular formula is C13H18N2O4. The molecule has 6 heteroatoms. The van der Waals surface area contributed by atoms with Crippen molar-refractivity contribution < 1.29 is 19.1 Å². The van der Waals surface area contributed by atoms with E-state index < -0.39 is 23.3 Å². The number of methoxy groups -OCH3 is 1. The van der Waals surface area contributed by atoms with Crippen molar-refractivity contribution in [2.24, 2.45) is 5.92 Å². The lowest BCUT2D eigenvalue weighted by Gasteiger charge is -2.21. The Balaban J connectivity index is 2.84. The number of ether oxygens (including phenoxy) is 2. The van der Waals surface area contributed by atoms with E-state index in [-0.39, 0.29) is 11.6 Å². The van der Waals surface area contributed by atoms with Crippen molar-refractivity contribution >= 4 is 11.8 Å². The van der Waals surface area contributed by atoms with Gasteiger partial charge in [0.15, 0.2) is 5.78 Å². The third-order valence-corrected chi connectivity index (χ3v) is 2.26.